The highest BCUT2D eigenvalue weighted by atomic mass is 15.2. The Morgan fingerprint density at radius 2 is 1.53 bits per heavy atom. The summed E-state index contributed by atoms with van der Waals surface area (Å²) in [6.45, 7) is 13.1. The van der Waals surface area contributed by atoms with Crippen LogP contribution in [0.3, 0.4) is 0 Å². The van der Waals surface area contributed by atoms with Crippen LogP contribution in [-0.2, 0) is 0 Å². The van der Waals surface area contributed by atoms with E-state index in [1.165, 1.54) is 38.5 Å². The molecule has 0 amide bonds. The molecule has 2 nitrogen and oxygen atoms in total. The second kappa shape index (κ2) is 8.66. The first-order chi connectivity index (χ1) is 7.87. The molecule has 0 rings (SSSR count). The number of rotatable bonds is 8. The Kier molecular flexibility index (Phi) is 8.45. The first-order valence-electron chi connectivity index (χ1n) is 7.29. The molecule has 102 valence electrons. The van der Waals surface area contributed by atoms with Gasteiger partial charge in [-0.25, -0.2) is 0 Å². The third-order valence-corrected chi connectivity index (χ3v) is 2.88. The Bertz CT molecular complexity index is 201. The summed E-state index contributed by atoms with van der Waals surface area (Å²) in [5.41, 5.74) is -0.0324. The van der Waals surface area contributed by atoms with E-state index in [9.17, 15) is 0 Å². The molecule has 2 heteroatoms. The molecule has 0 saturated carbocycles. The van der Waals surface area contributed by atoms with E-state index in [-0.39, 0.29) is 5.54 Å². The molecule has 0 aliphatic rings. The fraction of sp³-hybridized carbons (Fsp3) is 1.00. The summed E-state index contributed by atoms with van der Waals surface area (Å²) in [7, 11) is 0. The van der Waals surface area contributed by atoms with E-state index in [2.05, 4.69) is 51.8 Å². The Balaban J connectivity index is 3.96. The van der Waals surface area contributed by atoms with Crippen LogP contribution in [-0.4, -0.2) is 11.6 Å². The smallest absolute Gasteiger partial charge is 0.0732 e. The second-order valence-corrected chi connectivity index (χ2v) is 6.40. The van der Waals surface area contributed by atoms with Crippen LogP contribution in [0.25, 0.3) is 0 Å². The molecule has 0 aromatic heterocycles. The van der Waals surface area contributed by atoms with Crippen molar-refractivity contribution < 1.29 is 0 Å². The monoisotopic (exact) mass is 240 g/mol. The fourth-order valence-electron chi connectivity index (χ4n) is 1.73. The largest absolute Gasteiger partial charge is 0.190 e. The quantitative estimate of drug-likeness (QED) is 0.388. The highest BCUT2D eigenvalue weighted by Crippen LogP contribution is 2.18. The maximum absolute atomic E-state index is 4.54. The molecule has 0 fully saturated rings. The van der Waals surface area contributed by atoms with Gasteiger partial charge in [-0.05, 0) is 33.1 Å². The summed E-state index contributed by atoms with van der Waals surface area (Å²) in [6.07, 6.45) is 7.90. The van der Waals surface area contributed by atoms with Crippen molar-refractivity contribution in [2.45, 2.75) is 91.6 Å². The minimum atomic E-state index is -0.0324. The maximum atomic E-state index is 4.54. The van der Waals surface area contributed by atoms with Crippen LogP contribution in [0.5, 0.6) is 0 Å². The van der Waals surface area contributed by atoms with Crippen molar-refractivity contribution in [1.82, 2.24) is 0 Å². The molecule has 0 radical (unpaired) electrons. The van der Waals surface area contributed by atoms with E-state index in [0.717, 1.165) is 0 Å². The average molecular weight is 240 g/mol. The maximum Gasteiger partial charge on any atom is 0.0732 e. The molecule has 17 heavy (non-hydrogen) atoms. The summed E-state index contributed by atoms with van der Waals surface area (Å²) in [4.78, 5) is 0. The van der Waals surface area contributed by atoms with Crippen molar-refractivity contribution in [3.05, 3.63) is 0 Å². The van der Waals surface area contributed by atoms with Crippen LogP contribution in [0.15, 0.2) is 10.2 Å². The first-order valence-corrected chi connectivity index (χ1v) is 7.29. The van der Waals surface area contributed by atoms with E-state index >= 15 is 0 Å². The highest BCUT2D eigenvalue weighted by Gasteiger charge is 2.14. The topological polar surface area (TPSA) is 24.7 Å². The molecule has 0 heterocycles. The lowest BCUT2D eigenvalue weighted by molar-refractivity contribution is 0.404. The molecule has 0 aliphatic heterocycles. The van der Waals surface area contributed by atoms with Gasteiger partial charge in [-0.2, -0.15) is 10.2 Å². The van der Waals surface area contributed by atoms with Gasteiger partial charge in [-0.15, -0.1) is 0 Å². The Labute approximate surface area is 108 Å². The normalized spacial score (nSPS) is 14.8. The van der Waals surface area contributed by atoms with Crippen molar-refractivity contribution in [3.8, 4) is 0 Å². The van der Waals surface area contributed by atoms with Crippen LogP contribution < -0.4 is 0 Å². The van der Waals surface area contributed by atoms with Crippen molar-refractivity contribution in [3.63, 3.8) is 0 Å². The summed E-state index contributed by atoms with van der Waals surface area (Å²) < 4.78 is 0. The third kappa shape index (κ3) is 10.5. The van der Waals surface area contributed by atoms with E-state index in [4.69, 9.17) is 0 Å². The Morgan fingerprint density at radius 1 is 0.941 bits per heavy atom. The van der Waals surface area contributed by atoms with Gasteiger partial charge < -0.3 is 0 Å². The third-order valence-electron chi connectivity index (χ3n) is 2.88. The van der Waals surface area contributed by atoms with Crippen LogP contribution in [0.2, 0.25) is 0 Å². The van der Waals surface area contributed by atoms with E-state index in [1.54, 1.807) is 0 Å². The lowest BCUT2D eigenvalue weighted by Crippen LogP contribution is -2.15. The number of unbranched alkanes of at least 4 members (excludes halogenated alkanes) is 4. The molecule has 1 unspecified atom stereocenters. The predicted molar refractivity (Wildman–Crippen MR) is 76.6 cm³/mol. The lowest BCUT2D eigenvalue weighted by atomic mass is 9.98. The number of azo groups is 1. The summed E-state index contributed by atoms with van der Waals surface area (Å²) in [5, 5.41) is 8.96. The molecular weight excluding hydrogens is 208 g/mol. The minimum Gasteiger partial charge on any atom is -0.190 e. The number of hydrogen-bond acceptors (Lipinski definition) is 2. The Hall–Kier alpha value is -0.400. The zero-order valence-corrected chi connectivity index (χ0v) is 12.8. The minimum absolute atomic E-state index is 0.0324. The molecule has 0 aliphatic carbocycles. The number of hydrogen-bond donors (Lipinski definition) is 0. The molecule has 0 aromatic carbocycles. The SMILES string of the molecule is CCCCCCCC(N=NC(C)(C)C)C(C)C. The van der Waals surface area contributed by atoms with E-state index < -0.39 is 0 Å². The zero-order valence-electron chi connectivity index (χ0n) is 12.8. The lowest BCUT2D eigenvalue weighted by Gasteiger charge is -2.18. The van der Waals surface area contributed by atoms with Gasteiger partial charge in [0, 0.05) is 0 Å². The van der Waals surface area contributed by atoms with Gasteiger partial charge in [0.15, 0.2) is 0 Å². The molecule has 0 spiro atoms. The Morgan fingerprint density at radius 3 is 2.00 bits per heavy atom. The fourth-order valence-corrected chi connectivity index (χ4v) is 1.73. The van der Waals surface area contributed by atoms with Gasteiger partial charge in [-0.3, -0.25) is 0 Å². The zero-order chi connectivity index (χ0) is 13.3. The molecule has 1 atom stereocenters. The van der Waals surface area contributed by atoms with E-state index in [1.807, 2.05) is 0 Å². The van der Waals surface area contributed by atoms with Crippen molar-refractivity contribution >= 4 is 0 Å². The van der Waals surface area contributed by atoms with Gasteiger partial charge in [-0.1, -0.05) is 52.9 Å². The molecule has 0 aromatic rings. The van der Waals surface area contributed by atoms with Crippen LogP contribution in [0.1, 0.15) is 80.1 Å². The molecule has 0 N–H and O–H groups in total. The van der Waals surface area contributed by atoms with Crippen LogP contribution >= 0.6 is 0 Å². The van der Waals surface area contributed by atoms with Crippen LogP contribution in [0, 0.1) is 5.92 Å². The van der Waals surface area contributed by atoms with Crippen molar-refractivity contribution in [1.29, 1.82) is 0 Å². The molecule has 0 bridgehead atoms. The molecular formula is C15H32N2. The predicted octanol–water partition coefficient (Wildman–Crippen LogP) is 5.62. The van der Waals surface area contributed by atoms with Gasteiger partial charge >= 0.3 is 0 Å². The number of nitrogens with zero attached hydrogens (tertiary/aromatic N) is 2. The average Bonchev–Trinajstić information content (AvgIpc) is 2.20. The first kappa shape index (κ1) is 16.6. The summed E-state index contributed by atoms with van der Waals surface area (Å²) in [6, 6.07) is 0.413. The summed E-state index contributed by atoms with van der Waals surface area (Å²) >= 11 is 0. The van der Waals surface area contributed by atoms with Gasteiger partial charge in [0.2, 0.25) is 0 Å². The summed E-state index contributed by atoms with van der Waals surface area (Å²) in [5.74, 6) is 0.604. The molecule has 0 saturated heterocycles. The second-order valence-electron chi connectivity index (χ2n) is 6.40. The van der Waals surface area contributed by atoms with E-state index in [0.29, 0.717) is 12.0 Å². The van der Waals surface area contributed by atoms with Gasteiger partial charge in [0.05, 0.1) is 11.6 Å². The standard InChI is InChI=1S/C15H32N2/c1-7-8-9-10-11-12-14(13(2)3)16-17-15(4,5)6/h13-14H,7-12H2,1-6H3. The van der Waals surface area contributed by atoms with Gasteiger partial charge in [0.1, 0.15) is 0 Å². The highest BCUT2D eigenvalue weighted by molar-refractivity contribution is 4.73. The van der Waals surface area contributed by atoms with Crippen molar-refractivity contribution in [2.24, 2.45) is 16.1 Å². The van der Waals surface area contributed by atoms with Crippen molar-refractivity contribution in [2.75, 3.05) is 0 Å². The van der Waals surface area contributed by atoms with Gasteiger partial charge in [0.25, 0.3) is 0 Å². The van der Waals surface area contributed by atoms with Crippen LogP contribution in [0.4, 0.5) is 0 Å².